The van der Waals surface area contributed by atoms with E-state index in [2.05, 4.69) is 17.6 Å². The molecule has 0 radical (unpaired) electrons. The Morgan fingerprint density at radius 3 is 2.77 bits per heavy atom. The van der Waals surface area contributed by atoms with E-state index in [4.69, 9.17) is 9.47 Å². The van der Waals surface area contributed by atoms with Crippen LogP contribution < -0.4 is 20.1 Å². The highest BCUT2D eigenvalue weighted by molar-refractivity contribution is 5.76. The van der Waals surface area contributed by atoms with Crippen LogP contribution in [0.1, 0.15) is 31.7 Å². The minimum absolute atomic E-state index is 0.0273. The van der Waals surface area contributed by atoms with Gasteiger partial charge in [0.25, 0.3) is 0 Å². The average Bonchev–Trinajstić information content (AvgIpc) is 2.57. The zero-order valence-electron chi connectivity index (χ0n) is 15.0. The maximum Gasteiger partial charge on any atom is 0.422 e. The number of hydrogen-bond donors (Lipinski definition) is 2. The van der Waals surface area contributed by atoms with Crippen molar-refractivity contribution in [1.82, 2.24) is 10.6 Å². The van der Waals surface area contributed by atoms with Gasteiger partial charge in [0.15, 0.2) is 18.1 Å². The zero-order valence-corrected chi connectivity index (χ0v) is 15.0. The van der Waals surface area contributed by atoms with Crippen LogP contribution in [0.2, 0.25) is 0 Å². The predicted molar refractivity (Wildman–Crippen MR) is 91.5 cm³/mol. The third kappa shape index (κ3) is 6.74. The fourth-order valence-electron chi connectivity index (χ4n) is 2.97. The minimum atomic E-state index is -4.41. The predicted octanol–water partition coefficient (Wildman–Crippen LogP) is 2.83. The number of piperidine rings is 1. The molecule has 26 heavy (non-hydrogen) atoms. The molecule has 2 unspecified atom stereocenters. The summed E-state index contributed by atoms with van der Waals surface area (Å²) in [6.45, 7) is 1.61. The molecule has 1 heterocycles. The van der Waals surface area contributed by atoms with Crippen molar-refractivity contribution in [3.05, 3.63) is 23.8 Å². The Balaban J connectivity index is 1.86. The lowest BCUT2D eigenvalue weighted by Crippen LogP contribution is -2.46. The van der Waals surface area contributed by atoms with Crippen molar-refractivity contribution in [1.29, 1.82) is 0 Å². The molecular weight excluding hydrogens is 349 g/mol. The molecule has 1 aliphatic heterocycles. The summed E-state index contributed by atoms with van der Waals surface area (Å²) in [5.74, 6) is 0.224. The number of carbonyl (C=O) groups excluding carboxylic acids is 1. The van der Waals surface area contributed by atoms with Gasteiger partial charge >= 0.3 is 6.18 Å². The molecule has 0 saturated carbocycles. The molecule has 8 heteroatoms. The van der Waals surface area contributed by atoms with E-state index in [1.807, 2.05) is 0 Å². The fraction of sp³-hybridized carbons (Fsp3) is 0.611. The van der Waals surface area contributed by atoms with Crippen molar-refractivity contribution in [2.45, 2.75) is 50.9 Å². The van der Waals surface area contributed by atoms with Gasteiger partial charge in [-0.25, -0.2) is 0 Å². The lowest BCUT2D eigenvalue weighted by molar-refractivity contribution is -0.153. The molecule has 1 fully saturated rings. The molecular formula is C18H25F3N2O3. The number of alkyl halides is 3. The number of nitrogens with one attached hydrogen (secondary N) is 2. The van der Waals surface area contributed by atoms with Gasteiger partial charge in [-0.05, 0) is 50.4 Å². The Kier molecular flexibility index (Phi) is 7.14. The van der Waals surface area contributed by atoms with Crippen molar-refractivity contribution < 1.29 is 27.4 Å². The number of halogens is 3. The summed E-state index contributed by atoms with van der Waals surface area (Å²) in [5, 5.41) is 6.37. The van der Waals surface area contributed by atoms with Crippen molar-refractivity contribution in [2.24, 2.45) is 0 Å². The third-order valence-corrected chi connectivity index (χ3v) is 4.25. The topological polar surface area (TPSA) is 59.6 Å². The fourth-order valence-corrected chi connectivity index (χ4v) is 2.97. The minimum Gasteiger partial charge on any atom is -0.493 e. The number of amides is 1. The van der Waals surface area contributed by atoms with Gasteiger partial charge in [-0.1, -0.05) is 6.07 Å². The molecule has 146 valence electrons. The molecule has 1 aromatic rings. The first kappa shape index (κ1) is 20.4. The number of benzene rings is 1. The summed E-state index contributed by atoms with van der Waals surface area (Å²) in [6.07, 6.45) is -1.81. The Morgan fingerprint density at radius 2 is 2.12 bits per heavy atom. The first-order valence-corrected chi connectivity index (χ1v) is 8.66. The largest absolute Gasteiger partial charge is 0.493 e. The van der Waals surface area contributed by atoms with Crippen molar-refractivity contribution in [3.8, 4) is 11.5 Å². The van der Waals surface area contributed by atoms with Gasteiger partial charge < -0.3 is 20.1 Å². The van der Waals surface area contributed by atoms with Crippen LogP contribution >= 0.6 is 0 Å². The van der Waals surface area contributed by atoms with Crippen molar-refractivity contribution in [3.63, 3.8) is 0 Å². The quantitative estimate of drug-likeness (QED) is 0.771. The van der Waals surface area contributed by atoms with Crippen LogP contribution in [0.4, 0.5) is 13.2 Å². The second kappa shape index (κ2) is 9.12. The van der Waals surface area contributed by atoms with Gasteiger partial charge in [-0.15, -0.1) is 0 Å². The summed E-state index contributed by atoms with van der Waals surface area (Å²) < 4.78 is 46.6. The summed E-state index contributed by atoms with van der Waals surface area (Å²) >= 11 is 0. The monoisotopic (exact) mass is 374 g/mol. The summed E-state index contributed by atoms with van der Waals surface area (Å²) in [5.41, 5.74) is 0.801. The summed E-state index contributed by atoms with van der Waals surface area (Å²) in [4.78, 5) is 12.1. The first-order valence-electron chi connectivity index (χ1n) is 8.66. The summed E-state index contributed by atoms with van der Waals surface area (Å²) in [7, 11) is 1.37. The van der Waals surface area contributed by atoms with E-state index in [1.165, 1.54) is 13.2 Å². The number of rotatable bonds is 7. The van der Waals surface area contributed by atoms with Gasteiger partial charge in [0.05, 0.1) is 7.11 Å². The van der Waals surface area contributed by atoms with Crippen molar-refractivity contribution >= 4 is 5.91 Å². The number of hydrogen-bond acceptors (Lipinski definition) is 4. The molecule has 2 N–H and O–H groups in total. The van der Waals surface area contributed by atoms with E-state index in [-0.39, 0.29) is 23.4 Å². The van der Waals surface area contributed by atoms with Gasteiger partial charge in [-0.3, -0.25) is 4.79 Å². The van der Waals surface area contributed by atoms with Gasteiger partial charge in [0.1, 0.15) is 0 Å². The second-order valence-corrected chi connectivity index (χ2v) is 6.53. The molecule has 1 saturated heterocycles. The smallest absolute Gasteiger partial charge is 0.422 e. The molecule has 5 nitrogen and oxygen atoms in total. The van der Waals surface area contributed by atoms with E-state index in [0.717, 1.165) is 24.9 Å². The van der Waals surface area contributed by atoms with Crippen LogP contribution in [0.5, 0.6) is 11.5 Å². The highest BCUT2D eigenvalue weighted by Gasteiger charge is 2.29. The molecule has 0 aliphatic carbocycles. The van der Waals surface area contributed by atoms with Crippen LogP contribution in [-0.4, -0.2) is 44.4 Å². The lowest BCUT2D eigenvalue weighted by Gasteiger charge is -2.28. The Bertz CT molecular complexity index is 608. The first-order chi connectivity index (χ1) is 12.3. The molecule has 1 amide bonds. The summed E-state index contributed by atoms with van der Waals surface area (Å²) in [6, 6.07) is 5.26. The number of methoxy groups -OCH3 is 1. The van der Waals surface area contributed by atoms with Crippen molar-refractivity contribution in [2.75, 3.05) is 20.3 Å². The van der Waals surface area contributed by atoms with E-state index < -0.39 is 12.8 Å². The standard InChI is InChI=1S/C18H25F3N2O3/c1-12-9-14(7-8-22-12)23-17(24)6-4-13-3-5-15(16(10-13)25-2)26-11-18(19,20)21/h3,5,10,12,14,22H,4,6-9,11H2,1-2H3,(H,23,24). The number of aryl methyl sites for hydroxylation is 1. The molecule has 0 spiro atoms. The van der Waals surface area contributed by atoms with Crippen LogP contribution in [0.15, 0.2) is 18.2 Å². The molecule has 2 rings (SSSR count). The number of ether oxygens (including phenoxy) is 2. The Labute approximate surface area is 151 Å². The van der Waals surface area contributed by atoms with Gasteiger partial charge in [0.2, 0.25) is 5.91 Å². The lowest BCUT2D eigenvalue weighted by atomic mass is 10.0. The SMILES string of the molecule is COc1cc(CCC(=O)NC2CCNC(C)C2)ccc1OCC(F)(F)F. The highest BCUT2D eigenvalue weighted by atomic mass is 19.4. The zero-order chi connectivity index (χ0) is 19.2. The van der Waals surface area contributed by atoms with E-state index >= 15 is 0 Å². The van der Waals surface area contributed by atoms with Crippen LogP contribution in [0.3, 0.4) is 0 Å². The molecule has 1 aliphatic rings. The third-order valence-electron chi connectivity index (χ3n) is 4.25. The number of carbonyl (C=O) groups is 1. The average molecular weight is 374 g/mol. The molecule has 0 aromatic heterocycles. The van der Waals surface area contributed by atoms with Crippen LogP contribution in [0.25, 0.3) is 0 Å². The van der Waals surface area contributed by atoms with Gasteiger partial charge in [-0.2, -0.15) is 13.2 Å². The second-order valence-electron chi connectivity index (χ2n) is 6.53. The Morgan fingerprint density at radius 1 is 1.35 bits per heavy atom. The highest BCUT2D eigenvalue weighted by Crippen LogP contribution is 2.30. The van der Waals surface area contributed by atoms with E-state index in [1.54, 1.807) is 12.1 Å². The normalized spacial score (nSPS) is 20.5. The molecule has 1 aromatic carbocycles. The maximum absolute atomic E-state index is 12.3. The Hall–Kier alpha value is -1.96. The van der Waals surface area contributed by atoms with Crippen LogP contribution in [-0.2, 0) is 11.2 Å². The molecule has 0 bridgehead atoms. The molecule has 2 atom stereocenters. The van der Waals surface area contributed by atoms with E-state index in [0.29, 0.717) is 18.9 Å². The van der Waals surface area contributed by atoms with E-state index in [9.17, 15) is 18.0 Å². The maximum atomic E-state index is 12.3. The van der Waals surface area contributed by atoms with Crippen LogP contribution in [0, 0.1) is 0 Å². The van der Waals surface area contributed by atoms with Gasteiger partial charge in [0, 0.05) is 18.5 Å².